The number of aliphatic hydroxyl groups excluding tert-OH is 1. The van der Waals surface area contributed by atoms with Gasteiger partial charge < -0.3 is 14.3 Å². The van der Waals surface area contributed by atoms with Crippen molar-refractivity contribution in [3.05, 3.63) is 89.4 Å². The van der Waals surface area contributed by atoms with Crippen molar-refractivity contribution in [3.8, 4) is 5.75 Å². The molecule has 0 saturated carbocycles. The van der Waals surface area contributed by atoms with E-state index in [0.717, 1.165) is 0 Å². The van der Waals surface area contributed by atoms with Gasteiger partial charge in [-0.15, -0.1) is 0 Å². The van der Waals surface area contributed by atoms with Crippen molar-refractivity contribution in [1.82, 2.24) is 0 Å². The van der Waals surface area contributed by atoms with Crippen molar-refractivity contribution in [2.24, 2.45) is 5.92 Å². The van der Waals surface area contributed by atoms with E-state index in [-0.39, 0.29) is 11.3 Å². The number of anilines is 1. The number of benzene rings is 2. The summed E-state index contributed by atoms with van der Waals surface area (Å²) in [6, 6.07) is 18.3. The van der Waals surface area contributed by atoms with Gasteiger partial charge in [0.15, 0.2) is 0 Å². The fourth-order valence-corrected chi connectivity index (χ4v) is 3.68. The zero-order valence-corrected chi connectivity index (χ0v) is 18.2. The average molecular weight is 431 g/mol. The maximum Gasteiger partial charge on any atom is 0.300 e. The number of amides is 1. The van der Waals surface area contributed by atoms with Crippen LogP contribution in [0, 0.1) is 12.8 Å². The first-order valence-electron chi connectivity index (χ1n) is 10.5. The second kappa shape index (κ2) is 8.75. The number of hydrogen-bond donors (Lipinski definition) is 1. The van der Waals surface area contributed by atoms with E-state index in [9.17, 15) is 14.7 Å². The van der Waals surface area contributed by atoms with Gasteiger partial charge in [0, 0.05) is 11.3 Å². The molecule has 1 saturated heterocycles. The molecule has 1 aromatic heterocycles. The summed E-state index contributed by atoms with van der Waals surface area (Å²) in [6.45, 7) is 6.48. The summed E-state index contributed by atoms with van der Waals surface area (Å²) in [7, 11) is 0. The summed E-state index contributed by atoms with van der Waals surface area (Å²) in [5.41, 5.74) is 0.954. The molecule has 6 nitrogen and oxygen atoms in total. The van der Waals surface area contributed by atoms with Crippen LogP contribution in [-0.4, -0.2) is 23.4 Å². The van der Waals surface area contributed by atoms with Crippen LogP contribution in [0.3, 0.4) is 0 Å². The smallest absolute Gasteiger partial charge is 0.300 e. The number of carbonyl (C=O) groups is 2. The highest BCUT2D eigenvalue weighted by Gasteiger charge is 2.48. The summed E-state index contributed by atoms with van der Waals surface area (Å²) < 4.78 is 11.5. The van der Waals surface area contributed by atoms with Crippen molar-refractivity contribution in [2.75, 3.05) is 11.5 Å². The lowest BCUT2D eigenvalue weighted by Crippen LogP contribution is -2.29. The molecule has 2 aromatic carbocycles. The maximum absolute atomic E-state index is 13.1. The molecule has 1 amide bonds. The number of hydrogen-bond acceptors (Lipinski definition) is 5. The molecule has 32 heavy (non-hydrogen) atoms. The molecule has 1 atom stereocenters. The molecule has 0 aliphatic carbocycles. The van der Waals surface area contributed by atoms with Gasteiger partial charge in [-0.3, -0.25) is 14.5 Å². The summed E-state index contributed by atoms with van der Waals surface area (Å²) in [4.78, 5) is 27.4. The Morgan fingerprint density at radius 3 is 2.31 bits per heavy atom. The number of Topliss-reactive ketones (excluding diaryl/α,β-unsaturated/α-hetero) is 1. The summed E-state index contributed by atoms with van der Waals surface area (Å²) in [5, 5.41) is 11.1. The number of furan rings is 1. The largest absolute Gasteiger partial charge is 0.507 e. The van der Waals surface area contributed by atoms with Gasteiger partial charge in [-0.25, -0.2) is 0 Å². The molecule has 0 radical (unpaired) electrons. The second-order valence-corrected chi connectivity index (χ2v) is 8.18. The standard InChI is InChI=1S/C26H25NO5/c1-16(2)15-31-20-12-10-18(11-13-20)24(28)22-23(21-14-9-17(3)32-21)27(26(30)25(22)29)19-7-5-4-6-8-19/h4-14,16,23,28H,15H2,1-3H3/b24-22-. The summed E-state index contributed by atoms with van der Waals surface area (Å²) >= 11 is 0. The Labute approximate surface area is 186 Å². The van der Waals surface area contributed by atoms with Crippen LogP contribution in [-0.2, 0) is 9.59 Å². The highest BCUT2D eigenvalue weighted by molar-refractivity contribution is 6.51. The highest BCUT2D eigenvalue weighted by atomic mass is 16.5. The fourth-order valence-electron chi connectivity index (χ4n) is 3.68. The van der Waals surface area contributed by atoms with Gasteiger partial charge in [0.2, 0.25) is 0 Å². The molecule has 4 rings (SSSR count). The number of ether oxygens (including phenoxy) is 1. The minimum absolute atomic E-state index is 0.0101. The molecule has 164 valence electrons. The van der Waals surface area contributed by atoms with Crippen LogP contribution in [0.2, 0.25) is 0 Å². The predicted molar refractivity (Wildman–Crippen MR) is 121 cm³/mol. The number of aryl methyl sites for hydroxylation is 1. The van der Waals surface area contributed by atoms with Gasteiger partial charge in [-0.1, -0.05) is 32.0 Å². The third kappa shape index (κ3) is 4.04. The molecule has 1 fully saturated rings. The van der Waals surface area contributed by atoms with Gasteiger partial charge in [-0.2, -0.15) is 0 Å². The fraction of sp³-hybridized carbons (Fsp3) is 0.231. The number of nitrogens with zero attached hydrogens (tertiary/aromatic N) is 1. The molecule has 3 aromatic rings. The van der Waals surface area contributed by atoms with Crippen LogP contribution in [0.4, 0.5) is 5.69 Å². The third-order valence-corrected chi connectivity index (χ3v) is 5.22. The SMILES string of the molecule is Cc1ccc(C2/C(=C(/O)c3ccc(OCC(C)C)cc3)C(=O)C(=O)N2c2ccccc2)o1. The molecule has 2 heterocycles. The molecule has 0 bridgehead atoms. The average Bonchev–Trinajstić information content (AvgIpc) is 3.33. The van der Waals surface area contributed by atoms with Crippen LogP contribution < -0.4 is 9.64 Å². The van der Waals surface area contributed by atoms with Crippen LogP contribution in [0.5, 0.6) is 5.75 Å². The zero-order chi connectivity index (χ0) is 22.8. The minimum atomic E-state index is -0.872. The lowest BCUT2D eigenvalue weighted by Gasteiger charge is -2.23. The molecule has 1 aliphatic heterocycles. The summed E-state index contributed by atoms with van der Waals surface area (Å²) in [5.74, 6) is 0.372. The summed E-state index contributed by atoms with van der Waals surface area (Å²) in [6.07, 6.45) is 0. The Balaban J connectivity index is 1.79. The van der Waals surface area contributed by atoms with Crippen LogP contribution >= 0.6 is 0 Å². The first-order chi connectivity index (χ1) is 15.4. The predicted octanol–water partition coefficient (Wildman–Crippen LogP) is 5.25. The second-order valence-electron chi connectivity index (χ2n) is 8.18. The zero-order valence-electron chi connectivity index (χ0n) is 18.2. The van der Waals surface area contributed by atoms with Crippen molar-refractivity contribution in [2.45, 2.75) is 26.8 Å². The quantitative estimate of drug-likeness (QED) is 0.328. The van der Waals surface area contributed by atoms with Crippen molar-refractivity contribution >= 4 is 23.1 Å². The minimum Gasteiger partial charge on any atom is -0.507 e. The number of aliphatic hydroxyl groups is 1. The van der Waals surface area contributed by atoms with E-state index in [1.165, 1.54) is 4.90 Å². The molecule has 1 unspecified atom stereocenters. The molecular formula is C26H25NO5. The Hall–Kier alpha value is -3.80. The Morgan fingerprint density at radius 2 is 1.72 bits per heavy atom. The Kier molecular flexibility index (Phi) is 5.86. The van der Waals surface area contributed by atoms with Gasteiger partial charge in [0.1, 0.15) is 29.1 Å². The van der Waals surface area contributed by atoms with Gasteiger partial charge in [-0.05, 0) is 61.4 Å². The van der Waals surface area contributed by atoms with Crippen LogP contribution in [0.15, 0.2) is 76.7 Å². The third-order valence-electron chi connectivity index (χ3n) is 5.22. The highest BCUT2D eigenvalue weighted by Crippen LogP contribution is 2.42. The lowest BCUT2D eigenvalue weighted by molar-refractivity contribution is -0.132. The van der Waals surface area contributed by atoms with E-state index >= 15 is 0 Å². The monoisotopic (exact) mass is 431 g/mol. The molecule has 1 aliphatic rings. The molecule has 0 spiro atoms. The maximum atomic E-state index is 13.1. The topological polar surface area (TPSA) is 80.0 Å². The molecule has 6 heteroatoms. The van der Waals surface area contributed by atoms with Crippen molar-refractivity contribution in [1.29, 1.82) is 0 Å². The van der Waals surface area contributed by atoms with Crippen molar-refractivity contribution in [3.63, 3.8) is 0 Å². The van der Waals surface area contributed by atoms with Gasteiger partial charge in [0.05, 0.1) is 12.2 Å². The van der Waals surface area contributed by atoms with E-state index in [0.29, 0.717) is 41.0 Å². The molecular weight excluding hydrogens is 406 g/mol. The van der Waals surface area contributed by atoms with Crippen LogP contribution in [0.1, 0.15) is 37.0 Å². The number of rotatable bonds is 6. The van der Waals surface area contributed by atoms with E-state index in [4.69, 9.17) is 9.15 Å². The number of para-hydroxylation sites is 1. The Bertz CT molecular complexity index is 1160. The van der Waals surface area contributed by atoms with Gasteiger partial charge in [0.25, 0.3) is 11.7 Å². The van der Waals surface area contributed by atoms with Gasteiger partial charge >= 0.3 is 0 Å². The van der Waals surface area contributed by atoms with E-state index in [1.807, 2.05) is 6.07 Å². The first kappa shape index (κ1) is 21.4. The van der Waals surface area contributed by atoms with Crippen molar-refractivity contribution < 1.29 is 23.8 Å². The van der Waals surface area contributed by atoms with E-state index < -0.39 is 17.7 Å². The number of ketones is 1. The van der Waals surface area contributed by atoms with E-state index in [1.54, 1.807) is 67.6 Å². The number of carbonyl (C=O) groups excluding carboxylic acids is 2. The molecule has 1 N–H and O–H groups in total. The van der Waals surface area contributed by atoms with E-state index in [2.05, 4.69) is 13.8 Å². The Morgan fingerprint density at radius 1 is 1.03 bits per heavy atom. The normalized spacial score (nSPS) is 17.9. The van der Waals surface area contributed by atoms with Crippen LogP contribution in [0.25, 0.3) is 5.76 Å². The first-order valence-corrected chi connectivity index (χ1v) is 10.5. The lowest BCUT2D eigenvalue weighted by atomic mass is 9.99.